The molecule has 1 aliphatic rings. The van der Waals surface area contributed by atoms with E-state index in [1.807, 2.05) is 12.1 Å². The fourth-order valence-corrected chi connectivity index (χ4v) is 3.04. The lowest BCUT2D eigenvalue weighted by Crippen LogP contribution is -2.49. The lowest BCUT2D eigenvalue weighted by atomic mass is 10.1. The second-order valence-corrected chi connectivity index (χ2v) is 5.79. The summed E-state index contributed by atoms with van der Waals surface area (Å²) in [5.74, 6) is 0. The SMILES string of the molecule is CCNCc1cccc(Cl)c1N1CC(C)OCC1CC. The minimum Gasteiger partial charge on any atom is -0.375 e. The van der Waals surface area contributed by atoms with Crippen molar-refractivity contribution in [3.05, 3.63) is 28.8 Å². The van der Waals surface area contributed by atoms with Crippen LogP contribution >= 0.6 is 11.6 Å². The van der Waals surface area contributed by atoms with Crippen LogP contribution in [-0.4, -0.2) is 31.8 Å². The summed E-state index contributed by atoms with van der Waals surface area (Å²) in [4.78, 5) is 2.43. The Morgan fingerprint density at radius 3 is 2.90 bits per heavy atom. The first-order chi connectivity index (χ1) is 9.67. The third-order valence-corrected chi connectivity index (χ3v) is 4.17. The first-order valence-electron chi connectivity index (χ1n) is 7.53. The molecule has 20 heavy (non-hydrogen) atoms. The number of nitrogens with one attached hydrogen (secondary N) is 1. The molecule has 1 saturated heterocycles. The molecule has 2 unspecified atom stereocenters. The molecular formula is C16H25ClN2O. The van der Waals surface area contributed by atoms with E-state index in [0.29, 0.717) is 6.04 Å². The summed E-state index contributed by atoms with van der Waals surface area (Å²) in [6.07, 6.45) is 1.32. The van der Waals surface area contributed by atoms with Crippen molar-refractivity contribution < 1.29 is 4.74 Å². The molecule has 2 rings (SSSR count). The van der Waals surface area contributed by atoms with Gasteiger partial charge in [-0.15, -0.1) is 0 Å². The number of para-hydroxylation sites is 1. The third kappa shape index (κ3) is 3.46. The van der Waals surface area contributed by atoms with Gasteiger partial charge in [-0.1, -0.05) is 37.6 Å². The Morgan fingerprint density at radius 2 is 2.20 bits per heavy atom. The monoisotopic (exact) mass is 296 g/mol. The van der Waals surface area contributed by atoms with Crippen LogP contribution in [0.2, 0.25) is 5.02 Å². The minimum absolute atomic E-state index is 0.251. The molecule has 0 amide bonds. The van der Waals surface area contributed by atoms with Gasteiger partial charge in [0.05, 0.1) is 29.5 Å². The maximum absolute atomic E-state index is 6.50. The number of ether oxygens (including phenoxy) is 1. The summed E-state index contributed by atoms with van der Waals surface area (Å²) in [5, 5.41) is 4.24. The van der Waals surface area contributed by atoms with Crippen LogP contribution in [0.4, 0.5) is 5.69 Å². The van der Waals surface area contributed by atoms with Gasteiger partial charge in [0.15, 0.2) is 0 Å². The molecule has 0 saturated carbocycles. The molecule has 0 aromatic heterocycles. The number of anilines is 1. The zero-order chi connectivity index (χ0) is 14.5. The molecule has 3 nitrogen and oxygen atoms in total. The van der Waals surface area contributed by atoms with Gasteiger partial charge < -0.3 is 15.0 Å². The van der Waals surface area contributed by atoms with Crippen LogP contribution in [-0.2, 0) is 11.3 Å². The highest BCUT2D eigenvalue weighted by molar-refractivity contribution is 6.33. The number of halogens is 1. The summed E-state index contributed by atoms with van der Waals surface area (Å²) >= 11 is 6.50. The number of rotatable bonds is 5. The largest absolute Gasteiger partial charge is 0.375 e. The fourth-order valence-electron chi connectivity index (χ4n) is 2.74. The van der Waals surface area contributed by atoms with Crippen LogP contribution in [0, 0.1) is 0 Å². The fraction of sp³-hybridized carbons (Fsp3) is 0.625. The molecule has 0 aliphatic carbocycles. The standard InChI is InChI=1S/C16H25ClN2O/c1-4-14-11-20-12(3)10-19(14)16-13(9-18-5-2)7-6-8-15(16)17/h6-8,12,14,18H,4-5,9-11H2,1-3H3. The van der Waals surface area contributed by atoms with Crippen LogP contribution in [0.3, 0.4) is 0 Å². The third-order valence-electron chi connectivity index (χ3n) is 3.86. The van der Waals surface area contributed by atoms with E-state index in [2.05, 4.69) is 37.1 Å². The first-order valence-corrected chi connectivity index (χ1v) is 7.91. The van der Waals surface area contributed by atoms with E-state index < -0.39 is 0 Å². The minimum atomic E-state index is 0.251. The molecule has 0 radical (unpaired) electrons. The number of benzene rings is 1. The van der Waals surface area contributed by atoms with Gasteiger partial charge in [-0.05, 0) is 31.5 Å². The number of morpholine rings is 1. The summed E-state index contributed by atoms with van der Waals surface area (Å²) in [7, 11) is 0. The maximum atomic E-state index is 6.50. The molecule has 1 N–H and O–H groups in total. The highest BCUT2D eigenvalue weighted by Gasteiger charge is 2.28. The second-order valence-electron chi connectivity index (χ2n) is 5.39. The van der Waals surface area contributed by atoms with Gasteiger partial charge in [-0.3, -0.25) is 0 Å². The van der Waals surface area contributed by atoms with E-state index in [4.69, 9.17) is 16.3 Å². The molecule has 1 aromatic rings. The molecule has 2 atom stereocenters. The quantitative estimate of drug-likeness (QED) is 0.901. The van der Waals surface area contributed by atoms with Gasteiger partial charge in [-0.2, -0.15) is 0 Å². The summed E-state index contributed by atoms with van der Waals surface area (Å²) in [6.45, 7) is 9.95. The average Bonchev–Trinajstić information content (AvgIpc) is 2.45. The van der Waals surface area contributed by atoms with Crippen molar-refractivity contribution in [1.82, 2.24) is 5.32 Å². The summed E-state index contributed by atoms with van der Waals surface area (Å²) < 4.78 is 5.79. The van der Waals surface area contributed by atoms with Crippen molar-refractivity contribution in [2.75, 3.05) is 24.6 Å². The maximum Gasteiger partial charge on any atom is 0.0723 e. The van der Waals surface area contributed by atoms with Crippen LogP contribution in [0.25, 0.3) is 0 Å². The Bertz CT molecular complexity index is 438. The average molecular weight is 297 g/mol. The Balaban J connectivity index is 2.32. The zero-order valence-corrected chi connectivity index (χ0v) is 13.4. The predicted molar refractivity (Wildman–Crippen MR) is 85.7 cm³/mol. The van der Waals surface area contributed by atoms with Crippen molar-refractivity contribution in [2.45, 2.75) is 45.9 Å². The Labute approximate surface area is 127 Å². The van der Waals surface area contributed by atoms with Crippen molar-refractivity contribution in [3.8, 4) is 0 Å². The van der Waals surface area contributed by atoms with Gasteiger partial charge in [0.25, 0.3) is 0 Å². The molecule has 0 spiro atoms. The molecule has 4 heteroatoms. The summed E-state index contributed by atoms with van der Waals surface area (Å²) in [5.41, 5.74) is 2.45. The van der Waals surface area contributed by atoms with E-state index in [1.54, 1.807) is 0 Å². The van der Waals surface area contributed by atoms with Gasteiger partial charge >= 0.3 is 0 Å². The van der Waals surface area contributed by atoms with E-state index in [9.17, 15) is 0 Å². The predicted octanol–water partition coefficient (Wildman–Crippen LogP) is 3.45. The van der Waals surface area contributed by atoms with E-state index in [1.165, 1.54) is 11.3 Å². The Hall–Kier alpha value is -0.770. The number of hydrogen-bond acceptors (Lipinski definition) is 3. The number of nitrogens with zero attached hydrogens (tertiary/aromatic N) is 1. The lowest BCUT2D eigenvalue weighted by molar-refractivity contribution is 0.0299. The van der Waals surface area contributed by atoms with Gasteiger partial charge in [0, 0.05) is 13.1 Å². The van der Waals surface area contributed by atoms with Crippen molar-refractivity contribution in [2.24, 2.45) is 0 Å². The van der Waals surface area contributed by atoms with Crippen LogP contribution in [0.15, 0.2) is 18.2 Å². The molecule has 1 aromatic carbocycles. The Morgan fingerprint density at radius 1 is 1.40 bits per heavy atom. The van der Waals surface area contributed by atoms with Crippen LogP contribution < -0.4 is 10.2 Å². The van der Waals surface area contributed by atoms with Gasteiger partial charge in [0.1, 0.15) is 0 Å². The normalized spacial score (nSPS) is 23.1. The lowest BCUT2D eigenvalue weighted by Gasteiger charge is -2.41. The molecule has 112 valence electrons. The van der Waals surface area contributed by atoms with Crippen molar-refractivity contribution in [1.29, 1.82) is 0 Å². The molecule has 1 heterocycles. The van der Waals surface area contributed by atoms with Gasteiger partial charge in [-0.25, -0.2) is 0 Å². The zero-order valence-electron chi connectivity index (χ0n) is 12.7. The second kappa shape index (κ2) is 7.30. The molecular weight excluding hydrogens is 272 g/mol. The van der Waals surface area contributed by atoms with Gasteiger partial charge in [0.2, 0.25) is 0 Å². The van der Waals surface area contributed by atoms with Crippen molar-refractivity contribution >= 4 is 17.3 Å². The molecule has 1 fully saturated rings. The molecule has 1 aliphatic heterocycles. The van der Waals surface area contributed by atoms with Crippen LogP contribution in [0.1, 0.15) is 32.8 Å². The smallest absolute Gasteiger partial charge is 0.0723 e. The van der Waals surface area contributed by atoms with E-state index in [-0.39, 0.29) is 6.10 Å². The summed E-state index contributed by atoms with van der Waals surface area (Å²) in [6, 6.07) is 6.59. The highest BCUT2D eigenvalue weighted by Crippen LogP contribution is 2.33. The molecule has 0 bridgehead atoms. The topological polar surface area (TPSA) is 24.5 Å². The van der Waals surface area contributed by atoms with Crippen molar-refractivity contribution in [3.63, 3.8) is 0 Å². The van der Waals surface area contributed by atoms with E-state index >= 15 is 0 Å². The highest BCUT2D eigenvalue weighted by atomic mass is 35.5. The van der Waals surface area contributed by atoms with Crippen LogP contribution in [0.5, 0.6) is 0 Å². The van der Waals surface area contributed by atoms with E-state index in [0.717, 1.165) is 37.7 Å². The first kappa shape index (κ1) is 15.6. The number of hydrogen-bond donors (Lipinski definition) is 1. The Kier molecular flexibility index (Phi) is 5.70.